The zero-order valence-corrected chi connectivity index (χ0v) is 14.5. The van der Waals surface area contributed by atoms with Gasteiger partial charge in [-0.2, -0.15) is 0 Å². The van der Waals surface area contributed by atoms with Crippen molar-refractivity contribution in [3.8, 4) is 0 Å². The van der Waals surface area contributed by atoms with Crippen LogP contribution >= 0.6 is 23.2 Å². The summed E-state index contributed by atoms with van der Waals surface area (Å²) in [4.78, 5) is 0. The molecule has 0 bridgehead atoms. The van der Waals surface area contributed by atoms with Crippen LogP contribution < -0.4 is 5.32 Å². The third-order valence-corrected chi connectivity index (χ3v) is 3.90. The van der Waals surface area contributed by atoms with E-state index in [0.29, 0.717) is 10.0 Å². The zero-order chi connectivity index (χ0) is 15.3. The van der Waals surface area contributed by atoms with Crippen LogP contribution in [0.2, 0.25) is 10.0 Å². The molecule has 0 radical (unpaired) electrons. The number of benzene rings is 1. The molecule has 0 saturated carbocycles. The highest BCUT2D eigenvalue weighted by molar-refractivity contribution is 6.33. The Hall–Kier alpha value is -0.280. The topological polar surface area (TPSA) is 21.3 Å². The number of hydrogen-bond donors (Lipinski definition) is 1. The molecule has 0 amide bonds. The van der Waals surface area contributed by atoms with Crippen LogP contribution in [0.25, 0.3) is 0 Å². The minimum absolute atomic E-state index is 0.00465. The molecule has 1 N–H and O–H groups in total. The van der Waals surface area contributed by atoms with Crippen LogP contribution in [-0.2, 0) is 4.74 Å². The first-order valence-corrected chi connectivity index (χ1v) is 7.78. The molecule has 2 atom stereocenters. The van der Waals surface area contributed by atoms with Gasteiger partial charge in [-0.1, -0.05) is 50.9 Å². The molecule has 0 fully saturated rings. The lowest BCUT2D eigenvalue weighted by Gasteiger charge is -2.37. The molecule has 0 aromatic heterocycles. The van der Waals surface area contributed by atoms with Gasteiger partial charge in [-0.15, -0.1) is 0 Å². The van der Waals surface area contributed by atoms with Crippen molar-refractivity contribution in [2.24, 2.45) is 5.41 Å². The number of rotatable bonds is 6. The summed E-state index contributed by atoms with van der Waals surface area (Å²) in [5, 5.41) is 4.95. The molecular weight excluding hydrogens is 293 g/mol. The normalized spacial score (nSPS) is 15.2. The molecule has 1 aromatic rings. The van der Waals surface area contributed by atoms with E-state index in [1.54, 1.807) is 7.11 Å². The fourth-order valence-corrected chi connectivity index (χ4v) is 2.84. The molecule has 114 valence electrons. The molecule has 0 saturated heterocycles. The fraction of sp³-hybridized carbons (Fsp3) is 0.625. The first-order valence-electron chi connectivity index (χ1n) is 7.02. The summed E-state index contributed by atoms with van der Waals surface area (Å²) in [7, 11) is 1.75. The maximum absolute atomic E-state index is 6.37. The van der Waals surface area contributed by atoms with Gasteiger partial charge in [0.15, 0.2) is 0 Å². The number of methoxy groups -OCH3 is 1. The van der Waals surface area contributed by atoms with Gasteiger partial charge in [-0.05, 0) is 42.1 Å². The van der Waals surface area contributed by atoms with Gasteiger partial charge < -0.3 is 10.1 Å². The summed E-state index contributed by atoms with van der Waals surface area (Å²) < 4.78 is 5.76. The lowest BCUT2D eigenvalue weighted by Crippen LogP contribution is -2.42. The summed E-state index contributed by atoms with van der Waals surface area (Å²) in [6.07, 6.45) is 1.06. The second-order valence-electron chi connectivity index (χ2n) is 6.12. The lowest BCUT2D eigenvalue weighted by atomic mass is 9.82. The van der Waals surface area contributed by atoms with Gasteiger partial charge in [-0.25, -0.2) is 0 Å². The van der Waals surface area contributed by atoms with E-state index in [-0.39, 0.29) is 17.6 Å². The third kappa shape index (κ3) is 4.63. The van der Waals surface area contributed by atoms with Crippen LogP contribution in [-0.4, -0.2) is 19.8 Å². The van der Waals surface area contributed by atoms with Crippen molar-refractivity contribution in [1.82, 2.24) is 5.32 Å². The van der Waals surface area contributed by atoms with E-state index in [2.05, 4.69) is 33.0 Å². The molecule has 0 spiro atoms. The number of halogens is 2. The largest absolute Gasteiger partial charge is 0.379 e. The van der Waals surface area contributed by atoms with E-state index in [1.807, 2.05) is 18.2 Å². The van der Waals surface area contributed by atoms with Crippen LogP contribution in [0.1, 0.15) is 45.7 Å². The Morgan fingerprint density at radius 2 is 1.90 bits per heavy atom. The maximum atomic E-state index is 6.37. The van der Waals surface area contributed by atoms with Gasteiger partial charge in [-0.3, -0.25) is 0 Å². The van der Waals surface area contributed by atoms with E-state index in [0.717, 1.165) is 18.5 Å². The van der Waals surface area contributed by atoms with Crippen LogP contribution in [0.15, 0.2) is 18.2 Å². The predicted octanol–water partition coefficient (Wildman–Crippen LogP) is 5.10. The summed E-state index contributed by atoms with van der Waals surface area (Å²) >= 11 is 12.5. The molecule has 0 heterocycles. The molecule has 0 aliphatic rings. The minimum Gasteiger partial charge on any atom is -0.379 e. The van der Waals surface area contributed by atoms with E-state index in [1.165, 1.54) is 0 Å². The van der Waals surface area contributed by atoms with Gasteiger partial charge in [0.2, 0.25) is 0 Å². The van der Waals surface area contributed by atoms with Crippen molar-refractivity contribution in [2.75, 3.05) is 13.7 Å². The molecule has 2 unspecified atom stereocenters. The van der Waals surface area contributed by atoms with Crippen molar-refractivity contribution in [3.63, 3.8) is 0 Å². The minimum atomic E-state index is -0.00813. The molecule has 4 heteroatoms. The number of nitrogens with one attached hydrogen (secondary N) is 1. The Morgan fingerprint density at radius 1 is 1.25 bits per heavy atom. The van der Waals surface area contributed by atoms with E-state index in [4.69, 9.17) is 27.9 Å². The van der Waals surface area contributed by atoms with Crippen molar-refractivity contribution >= 4 is 23.2 Å². The summed E-state index contributed by atoms with van der Waals surface area (Å²) in [5.74, 6) is 0. The Balaban J connectivity index is 3.19. The highest BCUT2D eigenvalue weighted by Crippen LogP contribution is 2.36. The fourth-order valence-electron chi connectivity index (χ4n) is 2.42. The van der Waals surface area contributed by atoms with Gasteiger partial charge in [0.05, 0.1) is 12.1 Å². The van der Waals surface area contributed by atoms with Gasteiger partial charge in [0, 0.05) is 17.2 Å². The molecule has 1 aromatic carbocycles. The zero-order valence-electron chi connectivity index (χ0n) is 13.0. The van der Waals surface area contributed by atoms with Crippen LogP contribution in [0.4, 0.5) is 0 Å². The Bertz CT molecular complexity index is 429. The van der Waals surface area contributed by atoms with Gasteiger partial charge in [0.1, 0.15) is 0 Å². The predicted molar refractivity (Wildman–Crippen MR) is 87.7 cm³/mol. The first kappa shape index (κ1) is 17.8. The van der Waals surface area contributed by atoms with Crippen molar-refractivity contribution in [2.45, 2.75) is 46.3 Å². The monoisotopic (exact) mass is 317 g/mol. The molecule has 1 rings (SSSR count). The van der Waals surface area contributed by atoms with E-state index >= 15 is 0 Å². The SMILES string of the molecule is CCCNC(c1cc(Cl)ccc1Cl)C(OC)C(C)(C)C. The smallest absolute Gasteiger partial charge is 0.0814 e. The van der Waals surface area contributed by atoms with E-state index in [9.17, 15) is 0 Å². The molecule has 20 heavy (non-hydrogen) atoms. The van der Waals surface area contributed by atoms with Crippen LogP contribution in [0.3, 0.4) is 0 Å². The first-order chi connectivity index (χ1) is 9.31. The maximum Gasteiger partial charge on any atom is 0.0814 e. The summed E-state index contributed by atoms with van der Waals surface area (Å²) in [6.45, 7) is 9.55. The average molecular weight is 318 g/mol. The molecule has 0 aliphatic heterocycles. The Morgan fingerprint density at radius 3 is 2.40 bits per heavy atom. The summed E-state index contributed by atoms with van der Waals surface area (Å²) in [5.41, 5.74) is 0.987. The number of ether oxygens (including phenoxy) is 1. The van der Waals surface area contributed by atoms with Crippen LogP contribution in [0.5, 0.6) is 0 Å². The third-order valence-electron chi connectivity index (χ3n) is 3.32. The lowest BCUT2D eigenvalue weighted by molar-refractivity contribution is -0.0119. The highest BCUT2D eigenvalue weighted by atomic mass is 35.5. The van der Waals surface area contributed by atoms with Gasteiger partial charge >= 0.3 is 0 Å². The second-order valence-corrected chi connectivity index (χ2v) is 6.96. The quantitative estimate of drug-likeness (QED) is 0.788. The Labute approximate surface area is 132 Å². The Kier molecular flexibility index (Phi) is 6.80. The standard InChI is InChI=1S/C16H25Cl2NO/c1-6-9-19-14(15(20-5)16(2,3)4)12-10-11(17)7-8-13(12)18/h7-8,10,14-15,19H,6,9H2,1-5H3. The van der Waals surface area contributed by atoms with Crippen LogP contribution in [0, 0.1) is 5.41 Å². The highest BCUT2D eigenvalue weighted by Gasteiger charge is 2.34. The average Bonchev–Trinajstić information content (AvgIpc) is 2.36. The van der Waals surface area contributed by atoms with Crippen molar-refractivity contribution in [3.05, 3.63) is 33.8 Å². The van der Waals surface area contributed by atoms with Crippen molar-refractivity contribution in [1.29, 1.82) is 0 Å². The molecule has 0 aliphatic carbocycles. The second kappa shape index (κ2) is 7.65. The summed E-state index contributed by atoms with van der Waals surface area (Å²) in [6, 6.07) is 5.60. The molecule has 2 nitrogen and oxygen atoms in total. The molecular formula is C16H25Cl2NO. The van der Waals surface area contributed by atoms with Crippen molar-refractivity contribution < 1.29 is 4.74 Å². The van der Waals surface area contributed by atoms with Gasteiger partial charge in [0.25, 0.3) is 0 Å². The van der Waals surface area contributed by atoms with E-state index < -0.39 is 0 Å². The number of hydrogen-bond acceptors (Lipinski definition) is 2.